The van der Waals surface area contributed by atoms with Crippen LogP contribution < -0.4 is 14.3 Å². The molecular formula is C21H16N4O3S. The van der Waals surface area contributed by atoms with Crippen LogP contribution in [0, 0.1) is 12.3 Å². The Kier molecular flexibility index (Phi) is 4.97. The highest BCUT2D eigenvalue weighted by Gasteiger charge is 2.14. The molecule has 4 rings (SSSR count). The van der Waals surface area contributed by atoms with Crippen molar-refractivity contribution >= 4 is 38.5 Å². The molecule has 8 heteroatoms. The number of terminal acetylenes is 1. The fourth-order valence-corrected chi connectivity index (χ4v) is 4.01. The van der Waals surface area contributed by atoms with Crippen molar-refractivity contribution in [2.75, 3.05) is 14.2 Å². The molecule has 0 aliphatic rings. The highest BCUT2D eigenvalue weighted by molar-refractivity contribution is 7.16. The minimum Gasteiger partial charge on any atom is -0.493 e. The van der Waals surface area contributed by atoms with Gasteiger partial charge in [0, 0.05) is 30.1 Å². The maximum atomic E-state index is 12.8. The van der Waals surface area contributed by atoms with E-state index in [0.29, 0.717) is 32.9 Å². The molecule has 0 atom stereocenters. The minimum atomic E-state index is -0.381. The summed E-state index contributed by atoms with van der Waals surface area (Å²) in [6.07, 6.45) is 8.74. The first-order chi connectivity index (χ1) is 14.1. The summed E-state index contributed by atoms with van der Waals surface area (Å²) >= 11 is 1.36. The summed E-state index contributed by atoms with van der Waals surface area (Å²) in [6, 6.07) is 8.80. The maximum absolute atomic E-state index is 12.8. The van der Waals surface area contributed by atoms with Crippen molar-refractivity contribution in [1.29, 1.82) is 0 Å². The van der Waals surface area contributed by atoms with Crippen LogP contribution in [0.25, 0.3) is 21.3 Å². The average Bonchev–Trinajstić information content (AvgIpc) is 3.08. The smallest absolute Gasteiger partial charge is 0.279 e. The Morgan fingerprint density at radius 1 is 1.14 bits per heavy atom. The molecule has 0 radical (unpaired) electrons. The first-order valence-electron chi connectivity index (χ1n) is 8.63. The molecule has 2 aromatic carbocycles. The number of ether oxygens (including phenoxy) is 2. The van der Waals surface area contributed by atoms with E-state index < -0.39 is 0 Å². The third kappa shape index (κ3) is 3.44. The number of nitrogens with zero attached hydrogens (tertiary/aromatic N) is 4. The third-order valence-corrected chi connectivity index (χ3v) is 5.39. The Morgan fingerprint density at radius 2 is 1.86 bits per heavy atom. The summed E-state index contributed by atoms with van der Waals surface area (Å²) in [5.74, 6) is 3.41. The lowest BCUT2D eigenvalue weighted by molar-refractivity contribution is 0.0998. The number of hydrogen-bond donors (Lipinski definition) is 0. The Labute approximate surface area is 170 Å². The van der Waals surface area contributed by atoms with Gasteiger partial charge in [-0.15, -0.1) is 6.42 Å². The SMILES string of the molecule is C#CCn1c(=NC(=O)c2ccc3nccnc3c2)sc2cc(OC)c(OC)cc21. The summed E-state index contributed by atoms with van der Waals surface area (Å²) in [5.41, 5.74) is 2.60. The van der Waals surface area contributed by atoms with Gasteiger partial charge in [0.1, 0.15) is 0 Å². The molecule has 7 nitrogen and oxygen atoms in total. The second-order valence-electron chi connectivity index (χ2n) is 6.03. The minimum absolute atomic E-state index is 0.269. The molecule has 29 heavy (non-hydrogen) atoms. The predicted molar refractivity (Wildman–Crippen MR) is 111 cm³/mol. The van der Waals surface area contributed by atoms with Crippen LogP contribution in [0.5, 0.6) is 11.5 Å². The Morgan fingerprint density at radius 3 is 2.59 bits per heavy atom. The van der Waals surface area contributed by atoms with Crippen LogP contribution in [0.15, 0.2) is 47.7 Å². The van der Waals surface area contributed by atoms with Gasteiger partial charge in [0.15, 0.2) is 16.3 Å². The summed E-state index contributed by atoms with van der Waals surface area (Å²) in [6.45, 7) is 0.269. The van der Waals surface area contributed by atoms with Crippen molar-refractivity contribution in [1.82, 2.24) is 14.5 Å². The zero-order valence-corrected chi connectivity index (χ0v) is 16.6. The van der Waals surface area contributed by atoms with E-state index in [2.05, 4.69) is 20.9 Å². The van der Waals surface area contributed by atoms with Crippen molar-refractivity contribution in [3.05, 3.63) is 53.1 Å². The number of thiazole rings is 1. The highest BCUT2D eigenvalue weighted by Crippen LogP contribution is 2.33. The third-order valence-electron chi connectivity index (χ3n) is 4.35. The zero-order valence-electron chi connectivity index (χ0n) is 15.7. The first-order valence-corrected chi connectivity index (χ1v) is 9.45. The number of hydrogen-bond acceptors (Lipinski definition) is 6. The molecule has 144 valence electrons. The molecule has 2 aromatic heterocycles. The van der Waals surface area contributed by atoms with Crippen LogP contribution in [0.4, 0.5) is 0 Å². The van der Waals surface area contributed by atoms with Crippen molar-refractivity contribution in [2.45, 2.75) is 6.54 Å². The van der Waals surface area contributed by atoms with Crippen molar-refractivity contribution in [3.8, 4) is 23.8 Å². The molecule has 0 saturated heterocycles. The van der Waals surface area contributed by atoms with E-state index in [0.717, 1.165) is 10.2 Å². The van der Waals surface area contributed by atoms with Gasteiger partial charge in [-0.1, -0.05) is 17.3 Å². The zero-order chi connectivity index (χ0) is 20.4. The van der Waals surface area contributed by atoms with Gasteiger partial charge in [-0.05, 0) is 18.2 Å². The second-order valence-corrected chi connectivity index (χ2v) is 7.04. The van der Waals surface area contributed by atoms with Crippen LogP contribution >= 0.6 is 11.3 Å². The van der Waals surface area contributed by atoms with E-state index in [1.807, 2.05) is 12.1 Å². The lowest BCUT2D eigenvalue weighted by Gasteiger charge is -2.08. The van der Waals surface area contributed by atoms with Gasteiger partial charge in [-0.25, -0.2) is 0 Å². The maximum Gasteiger partial charge on any atom is 0.279 e. The Hall–Kier alpha value is -3.70. The molecular weight excluding hydrogens is 388 g/mol. The number of benzene rings is 2. The number of aromatic nitrogens is 3. The van der Waals surface area contributed by atoms with E-state index in [1.165, 1.54) is 11.3 Å². The van der Waals surface area contributed by atoms with Gasteiger partial charge in [-0.2, -0.15) is 4.99 Å². The summed E-state index contributed by atoms with van der Waals surface area (Å²) < 4.78 is 13.4. The van der Waals surface area contributed by atoms with E-state index >= 15 is 0 Å². The second kappa shape index (κ2) is 7.73. The summed E-state index contributed by atoms with van der Waals surface area (Å²) in [4.78, 5) is 26.1. The van der Waals surface area contributed by atoms with E-state index in [4.69, 9.17) is 15.9 Å². The van der Waals surface area contributed by atoms with Crippen LogP contribution in [-0.4, -0.2) is 34.7 Å². The van der Waals surface area contributed by atoms with Gasteiger partial charge >= 0.3 is 0 Å². The molecule has 0 N–H and O–H groups in total. The van der Waals surface area contributed by atoms with Crippen LogP contribution in [0.2, 0.25) is 0 Å². The van der Waals surface area contributed by atoms with Crippen molar-refractivity contribution in [2.24, 2.45) is 4.99 Å². The van der Waals surface area contributed by atoms with Gasteiger partial charge in [0.05, 0.1) is 42.0 Å². The summed E-state index contributed by atoms with van der Waals surface area (Å²) in [7, 11) is 3.14. The average molecular weight is 404 g/mol. The molecule has 1 amide bonds. The highest BCUT2D eigenvalue weighted by atomic mass is 32.1. The molecule has 0 bridgehead atoms. The standard InChI is InChI=1S/C21H16N4O3S/c1-4-9-25-16-11-17(27-2)18(28-3)12-19(16)29-21(25)24-20(26)13-5-6-14-15(10-13)23-8-7-22-14/h1,5-8,10-12H,9H2,2-3H3. The van der Waals surface area contributed by atoms with Crippen molar-refractivity contribution < 1.29 is 14.3 Å². The molecule has 2 heterocycles. The number of amides is 1. The first kappa shape index (κ1) is 18.7. The number of rotatable bonds is 4. The predicted octanol–water partition coefficient (Wildman–Crippen LogP) is 3.04. The Bertz CT molecular complexity index is 1350. The fraction of sp³-hybridized carbons (Fsp3) is 0.143. The van der Waals surface area contributed by atoms with Crippen LogP contribution in [0.1, 0.15) is 10.4 Å². The number of methoxy groups -OCH3 is 2. The molecule has 0 aliphatic heterocycles. The van der Waals surface area contributed by atoms with Gasteiger partial charge < -0.3 is 14.0 Å². The number of carbonyl (C=O) groups is 1. The topological polar surface area (TPSA) is 78.6 Å². The van der Waals surface area contributed by atoms with E-state index in [9.17, 15) is 4.79 Å². The quantitative estimate of drug-likeness (QED) is 0.489. The van der Waals surface area contributed by atoms with Gasteiger partial charge in [-0.3, -0.25) is 14.8 Å². The number of fused-ring (bicyclic) bond motifs is 2. The monoisotopic (exact) mass is 404 g/mol. The van der Waals surface area contributed by atoms with E-state index in [1.54, 1.807) is 49.4 Å². The molecule has 4 aromatic rings. The largest absolute Gasteiger partial charge is 0.493 e. The lowest BCUT2D eigenvalue weighted by atomic mass is 10.2. The van der Waals surface area contributed by atoms with Crippen LogP contribution in [0.3, 0.4) is 0 Å². The molecule has 0 aliphatic carbocycles. The molecule has 0 spiro atoms. The summed E-state index contributed by atoms with van der Waals surface area (Å²) in [5, 5.41) is 0. The van der Waals surface area contributed by atoms with Crippen LogP contribution in [-0.2, 0) is 6.54 Å². The normalized spacial score (nSPS) is 11.6. The molecule has 0 unspecified atom stereocenters. The lowest BCUT2D eigenvalue weighted by Crippen LogP contribution is -2.16. The van der Waals surface area contributed by atoms with Gasteiger partial charge in [0.25, 0.3) is 5.91 Å². The van der Waals surface area contributed by atoms with Gasteiger partial charge in [0.2, 0.25) is 0 Å². The fourth-order valence-electron chi connectivity index (χ4n) is 2.97. The molecule has 0 saturated carbocycles. The number of carbonyl (C=O) groups excluding carboxylic acids is 1. The van der Waals surface area contributed by atoms with E-state index in [-0.39, 0.29) is 12.5 Å². The Balaban J connectivity index is 1.86. The molecule has 0 fully saturated rings. The van der Waals surface area contributed by atoms with Crippen molar-refractivity contribution in [3.63, 3.8) is 0 Å².